The Labute approximate surface area is 122 Å². The Balaban J connectivity index is 2.22. The largest absolute Gasteiger partial charge is 0.365 e. The zero-order chi connectivity index (χ0) is 13.7. The van der Waals surface area contributed by atoms with E-state index in [4.69, 9.17) is 27.9 Å². The monoisotopic (exact) mass is 297 g/mol. The quantitative estimate of drug-likeness (QED) is 0.641. The fourth-order valence-corrected chi connectivity index (χ4v) is 2.34. The van der Waals surface area contributed by atoms with E-state index in [-0.39, 0.29) is 6.10 Å². The lowest BCUT2D eigenvalue weighted by Crippen LogP contribution is -2.35. The average molecular weight is 298 g/mol. The molecule has 0 aliphatic carbocycles. The van der Waals surface area contributed by atoms with Crippen molar-refractivity contribution in [3.8, 4) is 0 Å². The molecule has 0 amide bonds. The highest BCUT2D eigenvalue weighted by molar-refractivity contribution is 6.35. The summed E-state index contributed by atoms with van der Waals surface area (Å²) in [5.41, 5.74) is 0.918. The summed E-state index contributed by atoms with van der Waals surface area (Å²) in [4.78, 5) is 3.00. The summed E-state index contributed by atoms with van der Waals surface area (Å²) < 4.78 is 7.79. The van der Waals surface area contributed by atoms with Gasteiger partial charge in [-0.2, -0.15) is 0 Å². The number of H-pyrrole nitrogens is 1. The first kappa shape index (κ1) is 14.1. The van der Waals surface area contributed by atoms with Crippen molar-refractivity contribution in [2.24, 2.45) is 0 Å². The Morgan fingerprint density at radius 1 is 1.42 bits per heavy atom. The second kappa shape index (κ2) is 6.75. The number of nitrogens with one attached hydrogen (secondary N) is 1. The van der Waals surface area contributed by atoms with Gasteiger partial charge >= 0.3 is 0 Å². The van der Waals surface area contributed by atoms with Gasteiger partial charge < -0.3 is 4.74 Å². The van der Waals surface area contributed by atoms with Crippen LogP contribution in [0, 0.1) is 0 Å². The molecule has 1 aromatic heterocycles. The molecule has 0 bridgehead atoms. The summed E-state index contributed by atoms with van der Waals surface area (Å²) in [6.45, 7) is 4.80. The second-order valence-electron chi connectivity index (χ2n) is 4.08. The third kappa shape index (κ3) is 3.83. The first-order valence-corrected chi connectivity index (χ1v) is 6.65. The molecule has 0 fully saturated rings. The van der Waals surface area contributed by atoms with Crippen molar-refractivity contribution >= 4 is 23.2 Å². The average Bonchev–Trinajstić information content (AvgIpc) is 2.88. The molecule has 0 saturated carbocycles. The van der Waals surface area contributed by atoms with Crippen LogP contribution in [-0.2, 0) is 11.3 Å². The molecule has 3 nitrogen and oxygen atoms in total. The fraction of sp³-hybridized carbons (Fsp3) is 0.214. The molecule has 5 heteroatoms. The maximum atomic E-state index is 6.24. The second-order valence-corrected chi connectivity index (χ2v) is 4.93. The predicted octanol–water partition coefficient (Wildman–Crippen LogP) is 3.55. The zero-order valence-corrected chi connectivity index (χ0v) is 11.9. The van der Waals surface area contributed by atoms with Crippen LogP contribution in [0.3, 0.4) is 0 Å². The lowest BCUT2D eigenvalue weighted by molar-refractivity contribution is -0.703. The normalized spacial score (nSPS) is 12.3. The summed E-state index contributed by atoms with van der Waals surface area (Å²) in [5, 5.41) is 1.23. The van der Waals surface area contributed by atoms with Crippen molar-refractivity contribution in [1.29, 1.82) is 0 Å². The van der Waals surface area contributed by atoms with E-state index in [0.29, 0.717) is 23.2 Å². The number of rotatable bonds is 6. The molecule has 0 unspecified atom stereocenters. The van der Waals surface area contributed by atoms with E-state index in [1.165, 1.54) is 0 Å². The lowest BCUT2D eigenvalue weighted by Gasteiger charge is -2.17. The standard InChI is InChI=1S/C14H14Cl2N2O/c1-2-7-19-14(9-18-6-5-17-10-18)12-4-3-11(15)8-13(12)16/h2-6,8,10,14H,1,7,9H2/p+1/t14-/m0/s1. The molecule has 0 aliphatic rings. The highest BCUT2D eigenvalue weighted by Crippen LogP contribution is 2.28. The van der Waals surface area contributed by atoms with E-state index in [9.17, 15) is 0 Å². The highest BCUT2D eigenvalue weighted by atomic mass is 35.5. The van der Waals surface area contributed by atoms with Crippen LogP contribution in [0.2, 0.25) is 10.0 Å². The number of benzene rings is 1. The van der Waals surface area contributed by atoms with Crippen LogP contribution in [0.5, 0.6) is 0 Å². The number of hydrogen-bond acceptors (Lipinski definition) is 1. The van der Waals surface area contributed by atoms with Gasteiger partial charge in [-0.3, -0.25) is 4.98 Å². The summed E-state index contributed by atoms with van der Waals surface area (Å²) in [6.07, 6.45) is 7.23. The molecule has 0 radical (unpaired) electrons. The van der Waals surface area contributed by atoms with Gasteiger partial charge in [-0.25, -0.2) is 4.57 Å². The summed E-state index contributed by atoms with van der Waals surface area (Å²) in [5.74, 6) is 0. The van der Waals surface area contributed by atoms with Crippen LogP contribution in [0.15, 0.2) is 49.6 Å². The molecule has 1 aromatic carbocycles. The van der Waals surface area contributed by atoms with Crippen LogP contribution in [0.25, 0.3) is 0 Å². The Kier molecular flexibility index (Phi) is 5.02. The van der Waals surface area contributed by atoms with Crippen molar-refractivity contribution in [2.75, 3.05) is 6.61 Å². The topological polar surface area (TPSA) is 28.9 Å². The number of hydrogen-bond donors (Lipinski definition) is 1. The van der Waals surface area contributed by atoms with Crippen molar-refractivity contribution in [1.82, 2.24) is 4.98 Å². The molecule has 1 atom stereocenters. The van der Waals surface area contributed by atoms with Gasteiger partial charge in [-0.15, -0.1) is 6.58 Å². The minimum Gasteiger partial charge on any atom is -0.365 e. The molecular formula is C14H15Cl2N2O+. The van der Waals surface area contributed by atoms with Gasteiger partial charge in [0.2, 0.25) is 6.33 Å². The van der Waals surface area contributed by atoms with Gasteiger partial charge in [0.05, 0.1) is 6.61 Å². The Morgan fingerprint density at radius 2 is 2.26 bits per heavy atom. The van der Waals surface area contributed by atoms with Gasteiger partial charge in [0, 0.05) is 15.6 Å². The third-order valence-electron chi connectivity index (χ3n) is 2.70. The molecule has 1 N–H and O–H groups in total. The van der Waals surface area contributed by atoms with Gasteiger partial charge in [-0.05, 0) is 12.1 Å². The minimum absolute atomic E-state index is 0.149. The first-order chi connectivity index (χ1) is 9.20. The van der Waals surface area contributed by atoms with Crippen molar-refractivity contribution in [3.05, 3.63) is 65.2 Å². The maximum absolute atomic E-state index is 6.24. The fourth-order valence-electron chi connectivity index (χ4n) is 1.81. The number of halogens is 2. The molecule has 0 saturated heterocycles. The van der Waals surface area contributed by atoms with Crippen LogP contribution >= 0.6 is 23.2 Å². The van der Waals surface area contributed by atoms with Crippen LogP contribution in [0.4, 0.5) is 0 Å². The summed E-state index contributed by atoms with van der Waals surface area (Å²) >= 11 is 12.2. The molecule has 0 spiro atoms. The van der Waals surface area contributed by atoms with Gasteiger partial charge in [0.15, 0.2) is 0 Å². The zero-order valence-electron chi connectivity index (χ0n) is 10.4. The maximum Gasteiger partial charge on any atom is 0.241 e. The Morgan fingerprint density at radius 3 is 2.89 bits per heavy atom. The number of imidazole rings is 1. The number of ether oxygens (including phenoxy) is 1. The van der Waals surface area contributed by atoms with Crippen molar-refractivity contribution < 1.29 is 9.30 Å². The summed E-state index contributed by atoms with van der Waals surface area (Å²) in [6, 6.07) is 5.44. The molecule has 2 rings (SSSR count). The molecule has 100 valence electrons. The van der Waals surface area contributed by atoms with E-state index in [1.54, 1.807) is 12.1 Å². The smallest absolute Gasteiger partial charge is 0.241 e. The summed E-state index contributed by atoms with van der Waals surface area (Å²) in [7, 11) is 0. The van der Waals surface area contributed by atoms with Crippen LogP contribution < -0.4 is 4.57 Å². The Bertz CT molecular complexity index is 540. The third-order valence-corrected chi connectivity index (χ3v) is 3.27. The van der Waals surface area contributed by atoms with Gasteiger partial charge in [0.1, 0.15) is 25.0 Å². The van der Waals surface area contributed by atoms with Crippen LogP contribution in [0.1, 0.15) is 11.7 Å². The number of aromatic nitrogens is 2. The van der Waals surface area contributed by atoms with E-state index in [0.717, 1.165) is 5.56 Å². The van der Waals surface area contributed by atoms with E-state index >= 15 is 0 Å². The highest BCUT2D eigenvalue weighted by Gasteiger charge is 2.18. The lowest BCUT2D eigenvalue weighted by atomic mass is 10.1. The van der Waals surface area contributed by atoms with Crippen molar-refractivity contribution in [3.63, 3.8) is 0 Å². The molecule has 19 heavy (non-hydrogen) atoms. The van der Waals surface area contributed by atoms with Crippen molar-refractivity contribution in [2.45, 2.75) is 12.6 Å². The number of nitrogens with zero attached hydrogens (tertiary/aromatic N) is 1. The van der Waals surface area contributed by atoms with E-state index < -0.39 is 0 Å². The molecule has 1 heterocycles. The SMILES string of the molecule is C=CCO[C@@H](C[n+]1cc[nH]c1)c1ccc(Cl)cc1Cl. The van der Waals surface area contributed by atoms with E-state index in [2.05, 4.69) is 11.6 Å². The van der Waals surface area contributed by atoms with Gasteiger partial charge in [0.25, 0.3) is 0 Å². The van der Waals surface area contributed by atoms with E-state index in [1.807, 2.05) is 35.4 Å². The van der Waals surface area contributed by atoms with Gasteiger partial charge in [-0.1, -0.05) is 35.3 Å². The minimum atomic E-state index is -0.149. The number of aromatic amines is 1. The van der Waals surface area contributed by atoms with Crippen LogP contribution in [-0.4, -0.2) is 11.6 Å². The molecular weight excluding hydrogens is 283 g/mol. The first-order valence-electron chi connectivity index (χ1n) is 5.90. The Hall–Kier alpha value is -1.29. The predicted molar refractivity (Wildman–Crippen MR) is 76.3 cm³/mol. The molecule has 2 aromatic rings. The molecule has 0 aliphatic heterocycles.